The van der Waals surface area contributed by atoms with E-state index in [1.807, 2.05) is 23.7 Å². The Morgan fingerprint density at radius 3 is 2.81 bits per heavy atom. The summed E-state index contributed by atoms with van der Waals surface area (Å²) >= 11 is 1.56. The smallest absolute Gasteiger partial charge is 0.191 e. The van der Waals surface area contributed by atoms with E-state index in [4.69, 9.17) is 0 Å². The predicted molar refractivity (Wildman–Crippen MR) is 84.3 cm³/mol. The van der Waals surface area contributed by atoms with E-state index >= 15 is 0 Å². The van der Waals surface area contributed by atoms with E-state index < -0.39 is 0 Å². The zero-order valence-electron chi connectivity index (χ0n) is 12.4. The van der Waals surface area contributed by atoms with Crippen molar-refractivity contribution in [1.82, 2.24) is 14.8 Å². The van der Waals surface area contributed by atoms with Gasteiger partial charge in [-0.25, -0.2) is 0 Å². The first-order valence-corrected chi connectivity index (χ1v) is 8.19. The second-order valence-electron chi connectivity index (χ2n) is 5.50. The van der Waals surface area contributed by atoms with Crippen molar-refractivity contribution in [1.29, 1.82) is 0 Å². The summed E-state index contributed by atoms with van der Waals surface area (Å²) in [5, 5.41) is 9.48. The molecule has 3 rings (SSSR count). The first-order chi connectivity index (χ1) is 10.2. The van der Waals surface area contributed by atoms with Crippen LogP contribution in [0, 0.1) is 6.92 Å². The number of ketones is 1. The van der Waals surface area contributed by atoms with Gasteiger partial charge in [0.2, 0.25) is 0 Å². The third kappa shape index (κ3) is 2.88. The molecule has 2 aromatic rings. The number of hydrogen-bond donors (Lipinski definition) is 0. The van der Waals surface area contributed by atoms with Crippen molar-refractivity contribution in [3.63, 3.8) is 0 Å². The van der Waals surface area contributed by atoms with Crippen molar-refractivity contribution < 1.29 is 4.79 Å². The number of nitrogens with zero attached hydrogens (tertiary/aromatic N) is 3. The maximum atomic E-state index is 12.0. The number of carbonyl (C=O) groups excluding carboxylic acids is 1. The second-order valence-corrected chi connectivity index (χ2v) is 6.67. The molecule has 0 aliphatic heterocycles. The molecule has 0 N–H and O–H groups in total. The highest BCUT2D eigenvalue weighted by molar-refractivity contribution is 8.00. The molecule has 1 unspecified atom stereocenters. The molecule has 1 aliphatic carbocycles. The molecule has 1 aromatic heterocycles. The Morgan fingerprint density at radius 2 is 2.05 bits per heavy atom. The van der Waals surface area contributed by atoms with Gasteiger partial charge in [0.25, 0.3) is 0 Å². The minimum Gasteiger partial charge on any atom is -0.305 e. The van der Waals surface area contributed by atoms with Crippen LogP contribution in [0.25, 0.3) is 11.4 Å². The molecule has 110 valence electrons. The number of rotatable bonds is 3. The molecule has 0 bridgehead atoms. The van der Waals surface area contributed by atoms with E-state index in [2.05, 4.69) is 29.3 Å². The van der Waals surface area contributed by atoms with Gasteiger partial charge in [0.15, 0.2) is 11.0 Å². The van der Waals surface area contributed by atoms with Crippen LogP contribution < -0.4 is 0 Å². The number of aryl methyl sites for hydroxylation is 1. The van der Waals surface area contributed by atoms with Crippen LogP contribution in [-0.2, 0) is 11.8 Å². The summed E-state index contributed by atoms with van der Waals surface area (Å²) in [6, 6.07) is 8.15. The van der Waals surface area contributed by atoms with Crippen molar-refractivity contribution in [2.45, 2.75) is 43.0 Å². The maximum Gasteiger partial charge on any atom is 0.191 e. The van der Waals surface area contributed by atoms with Crippen LogP contribution in [0.4, 0.5) is 0 Å². The van der Waals surface area contributed by atoms with E-state index in [0.717, 1.165) is 35.8 Å². The van der Waals surface area contributed by atoms with Gasteiger partial charge in [-0.15, -0.1) is 10.2 Å². The summed E-state index contributed by atoms with van der Waals surface area (Å²) in [5.74, 6) is 1.21. The summed E-state index contributed by atoms with van der Waals surface area (Å²) in [7, 11) is 1.97. The van der Waals surface area contributed by atoms with Gasteiger partial charge in [0.1, 0.15) is 5.78 Å². The molecule has 1 heterocycles. The van der Waals surface area contributed by atoms with E-state index in [1.54, 1.807) is 11.8 Å². The molecule has 1 aromatic carbocycles. The monoisotopic (exact) mass is 301 g/mol. The number of Topliss-reactive ketones (excluding diaryl/α,β-unsaturated/α-hetero) is 1. The Hall–Kier alpha value is -1.62. The largest absolute Gasteiger partial charge is 0.305 e. The zero-order valence-corrected chi connectivity index (χ0v) is 13.2. The van der Waals surface area contributed by atoms with Gasteiger partial charge in [0, 0.05) is 19.0 Å². The minimum atomic E-state index is 0.0476. The number of aromatic nitrogens is 3. The van der Waals surface area contributed by atoms with Gasteiger partial charge in [-0.3, -0.25) is 4.79 Å². The fourth-order valence-corrected chi connectivity index (χ4v) is 3.80. The third-order valence-corrected chi connectivity index (χ3v) is 5.32. The van der Waals surface area contributed by atoms with Crippen molar-refractivity contribution in [3.05, 3.63) is 29.8 Å². The number of hydrogen-bond acceptors (Lipinski definition) is 4. The highest BCUT2D eigenvalue weighted by Gasteiger charge is 2.25. The summed E-state index contributed by atoms with van der Waals surface area (Å²) < 4.78 is 1.99. The lowest BCUT2D eigenvalue weighted by Crippen LogP contribution is -2.21. The van der Waals surface area contributed by atoms with Crippen LogP contribution in [0.15, 0.2) is 29.4 Å². The van der Waals surface area contributed by atoms with Crippen LogP contribution in [-0.4, -0.2) is 25.8 Å². The Kier molecular flexibility index (Phi) is 4.10. The topological polar surface area (TPSA) is 47.8 Å². The van der Waals surface area contributed by atoms with Crippen LogP contribution in [0.1, 0.15) is 31.2 Å². The van der Waals surface area contributed by atoms with Gasteiger partial charge in [-0.1, -0.05) is 42.4 Å². The van der Waals surface area contributed by atoms with Gasteiger partial charge < -0.3 is 4.57 Å². The molecule has 21 heavy (non-hydrogen) atoms. The highest BCUT2D eigenvalue weighted by atomic mass is 32.2. The predicted octanol–water partition coefficient (Wildman–Crippen LogP) is 3.39. The molecule has 0 radical (unpaired) electrons. The van der Waals surface area contributed by atoms with Gasteiger partial charge in [0.05, 0.1) is 5.25 Å². The number of benzene rings is 1. The van der Waals surface area contributed by atoms with Crippen molar-refractivity contribution >= 4 is 17.5 Å². The molecule has 4 nitrogen and oxygen atoms in total. The molecule has 1 saturated carbocycles. The Morgan fingerprint density at radius 1 is 1.24 bits per heavy atom. The first kappa shape index (κ1) is 14.3. The Bertz CT molecular complexity index is 665. The molecule has 1 fully saturated rings. The lowest BCUT2D eigenvalue weighted by atomic mass is 9.99. The lowest BCUT2D eigenvalue weighted by molar-refractivity contribution is -0.119. The van der Waals surface area contributed by atoms with Gasteiger partial charge in [-0.2, -0.15) is 0 Å². The molecule has 0 spiro atoms. The van der Waals surface area contributed by atoms with E-state index in [1.165, 1.54) is 5.56 Å². The summed E-state index contributed by atoms with van der Waals surface area (Å²) in [5.41, 5.74) is 2.27. The molecule has 1 aliphatic rings. The normalized spacial score (nSPS) is 19.0. The molecular formula is C16H19N3OS. The Labute approximate surface area is 129 Å². The van der Waals surface area contributed by atoms with E-state index in [-0.39, 0.29) is 5.25 Å². The average molecular weight is 301 g/mol. The fraction of sp³-hybridized carbons (Fsp3) is 0.438. The van der Waals surface area contributed by atoms with E-state index in [0.29, 0.717) is 12.2 Å². The summed E-state index contributed by atoms with van der Waals surface area (Å²) in [6.07, 6.45) is 3.82. The van der Waals surface area contributed by atoms with Gasteiger partial charge in [-0.05, 0) is 25.3 Å². The lowest BCUT2D eigenvalue weighted by Gasteiger charge is -2.19. The Balaban J connectivity index is 1.86. The number of carbonyl (C=O) groups is 1. The highest BCUT2D eigenvalue weighted by Crippen LogP contribution is 2.32. The SMILES string of the molecule is Cc1ccccc1-c1nnc(SC2CCCCC2=O)n1C. The van der Waals surface area contributed by atoms with Crippen LogP contribution in [0.2, 0.25) is 0 Å². The van der Waals surface area contributed by atoms with Crippen molar-refractivity contribution in [2.75, 3.05) is 0 Å². The summed E-state index contributed by atoms with van der Waals surface area (Å²) in [4.78, 5) is 12.0. The molecule has 0 amide bonds. The van der Waals surface area contributed by atoms with Crippen LogP contribution >= 0.6 is 11.8 Å². The summed E-state index contributed by atoms with van der Waals surface area (Å²) in [6.45, 7) is 2.07. The van der Waals surface area contributed by atoms with E-state index in [9.17, 15) is 4.79 Å². The second kappa shape index (κ2) is 6.02. The quantitative estimate of drug-likeness (QED) is 0.872. The van der Waals surface area contributed by atoms with Crippen LogP contribution in [0.3, 0.4) is 0 Å². The molecule has 0 saturated heterocycles. The molecule has 1 atom stereocenters. The van der Waals surface area contributed by atoms with Crippen LogP contribution in [0.5, 0.6) is 0 Å². The minimum absolute atomic E-state index is 0.0476. The molecule has 5 heteroatoms. The maximum absolute atomic E-state index is 12.0. The third-order valence-electron chi connectivity index (χ3n) is 3.97. The first-order valence-electron chi connectivity index (χ1n) is 7.31. The fourth-order valence-electron chi connectivity index (χ4n) is 2.68. The molecular weight excluding hydrogens is 282 g/mol. The number of thioether (sulfide) groups is 1. The average Bonchev–Trinajstić information content (AvgIpc) is 2.83. The standard InChI is InChI=1S/C16H19N3OS/c1-11-7-3-4-8-12(11)15-17-18-16(19(15)2)21-14-10-6-5-9-13(14)20/h3-4,7-8,14H,5-6,9-10H2,1-2H3. The zero-order chi connectivity index (χ0) is 14.8. The van der Waals surface area contributed by atoms with Crippen molar-refractivity contribution in [3.8, 4) is 11.4 Å². The van der Waals surface area contributed by atoms with Crippen molar-refractivity contribution in [2.24, 2.45) is 7.05 Å². The van der Waals surface area contributed by atoms with Gasteiger partial charge >= 0.3 is 0 Å².